The van der Waals surface area contributed by atoms with Crippen molar-refractivity contribution in [2.45, 2.75) is 6.61 Å². The van der Waals surface area contributed by atoms with E-state index in [0.717, 1.165) is 11.3 Å². The molecule has 96 valence electrons. The van der Waals surface area contributed by atoms with Gasteiger partial charge in [0.05, 0.1) is 11.9 Å². The van der Waals surface area contributed by atoms with Crippen molar-refractivity contribution < 1.29 is 9.84 Å². The summed E-state index contributed by atoms with van der Waals surface area (Å²) in [5.74, 6) is 0.774. The zero-order chi connectivity index (χ0) is 13.2. The van der Waals surface area contributed by atoms with Crippen LogP contribution in [0.3, 0.4) is 0 Å². The molecule has 0 amide bonds. The van der Waals surface area contributed by atoms with Gasteiger partial charge < -0.3 is 9.84 Å². The van der Waals surface area contributed by atoms with Crippen molar-refractivity contribution in [3.63, 3.8) is 0 Å². The summed E-state index contributed by atoms with van der Waals surface area (Å²) in [6.07, 6.45) is 1.73. The molecule has 1 aromatic carbocycles. The van der Waals surface area contributed by atoms with Crippen molar-refractivity contribution in [1.82, 2.24) is 9.38 Å². The van der Waals surface area contributed by atoms with Gasteiger partial charge in [0, 0.05) is 6.07 Å². The molecule has 4 nitrogen and oxygen atoms in total. The van der Waals surface area contributed by atoms with Crippen molar-refractivity contribution in [1.29, 1.82) is 0 Å². The summed E-state index contributed by atoms with van der Waals surface area (Å²) in [4.78, 5) is 4.26. The van der Waals surface area contributed by atoms with Crippen LogP contribution in [0.15, 0.2) is 48.7 Å². The molecule has 0 aliphatic heterocycles. The van der Waals surface area contributed by atoms with Gasteiger partial charge in [-0.25, -0.2) is 4.98 Å². The Bertz CT molecular complexity index is 724. The average Bonchev–Trinajstić information content (AvgIpc) is 2.81. The molecule has 1 N–H and O–H groups in total. The van der Waals surface area contributed by atoms with E-state index >= 15 is 0 Å². The third-order valence-electron chi connectivity index (χ3n) is 2.76. The van der Waals surface area contributed by atoms with E-state index in [4.69, 9.17) is 16.3 Å². The van der Waals surface area contributed by atoms with Crippen molar-refractivity contribution >= 4 is 17.2 Å². The summed E-state index contributed by atoms with van der Waals surface area (Å²) in [5.41, 5.74) is 1.63. The molecule has 0 spiro atoms. The number of halogens is 1. The van der Waals surface area contributed by atoms with Crippen LogP contribution < -0.4 is 4.74 Å². The number of hydrogen-bond donors (Lipinski definition) is 1. The first-order valence-corrected chi connectivity index (χ1v) is 6.14. The fourth-order valence-corrected chi connectivity index (χ4v) is 2.16. The molecule has 0 fully saturated rings. The minimum Gasteiger partial charge on any atom is -0.508 e. The Labute approximate surface area is 114 Å². The topological polar surface area (TPSA) is 46.8 Å². The number of aromatic hydroxyl groups is 1. The van der Waals surface area contributed by atoms with Crippen LogP contribution >= 0.6 is 11.6 Å². The third kappa shape index (κ3) is 2.35. The number of benzene rings is 1. The fourth-order valence-electron chi connectivity index (χ4n) is 1.89. The molecule has 2 aromatic heterocycles. The SMILES string of the molecule is Oc1cccc(OCc2cnc3cccc(Cl)n23)c1. The van der Waals surface area contributed by atoms with Crippen LogP contribution in [-0.4, -0.2) is 14.5 Å². The molecule has 3 aromatic rings. The molecule has 19 heavy (non-hydrogen) atoms. The number of nitrogens with zero attached hydrogens (tertiary/aromatic N) is 2. The lowest BCUT2D eigenvalue weighted by Gasteiger charge is -2.07. The number of hydrogen-bond acceptors (Lipinski definition) is 3. The van der Waals surface area contributed by atoms with Gasteiger partial charge in [-0.1, -0.05) is 23.7 Å². The van der Waals surface area contributed by atoms with Crippen LogP contribution in [-0.2, 0) is 6.61 Å². The van der Waals surface area contributed by atoms with Crippen molar-refractivity contribution in [2.75, 3.05) is 0 Å². The second-order valence-corrected chi connectivity index (χ2v) is 4.46. The summed E-state index contributed by atoms with van der Waals surface area (Å²) in [6, 6.07) is 12.2. The van der Waals surface area contributed by atoms with Crippen molar-refractivity contribution in [3.05, 3.63) is 59.5 Å². The quantitative estimate of drug-likeness (QED) is 0.746. The highest BCUT2D eigenvalue weighted by Crippen LogP contribution is 2.20. The van der Waals surface area contributed by atoms with Gasteiger partial charge in [0.1, 0.15) is 28.9 Å². The van der Waals surface area contributed by atoms with Crippen molar-refractivity contribution in [3.8, 4) is 11.5 Å². The minimum absolute atomic E-state index is 0.175. The monoisotopic (exact) mass is 274 g/mol. The number of phenols is 1. The van der Waals surface area contributed by atoms with Crippen LogP contribution in [0.25, 0.3) is 5.65 Å². The minimum atomic E-state index is 0.175. The van der Waals surface area contributed by atoms with Crippen molar-refractivity contribution in [2.24, 2.45) is 0 Å². The number of ether oxygens (including phenoxy) is 1. The lowest BCUT2D eigenvalue weighted by Crippen LogP contribution is -2.00. The Morgan fingerprint density at radius 3 is 2.89 bits per heavy atom. The predicted molar refractivity (Wildman–Crippen MR) is 72.6 cm³/mol. The Hall–Kier alpha value is -2.20. The highest BCUT2D eigenvalue weighted by Gasteiger charge is 2.07. The van der Waals surface area contributed by atoms with Gasteiger partial charge in [0.15, 0.2) is 0 Å². The Morgan fingerprint density at radius 2 is 2.05 bits per heavy atom. The number of pyridine rings is 1. The maximum Gasteiger partial charge on any atom is 0.138 e. The van der Waals surface area contributed by atoms with Crippen LogP contribution in [0.4, 0.5) is 0 Å². The van der Waals surface area contributed by atoms with Gasteiger partial charge in [-0.2, -0.15) is 0 Å². The summed E-state index contributed by atoms with van der Waals surface area (Å²) in [7, 11) is 0. The highest BCUT2D eigenvalue weighted by atomic mass is 35.5. The van der Waals surface area contributed by atoms with Crippen LogP contribution in [0.1, 0.15) is 5.69 Å². The van der Waals surface area contributed by atoms with E-state index in [1.807, 2.05) is 16.5 Å². The largest absolute Gasteiger partial charge is 0.508 e. The maximum absolute atomic E-state index is 9.37. The normalized spacial score (nSPS) is 10.8. The summed E-state index contributed by atoms with van der Waals surface area (Å²) in [5, 5.41) is 9.95. The molecule has 0 unspecified atom stereocenters. The molecule has 0 atom stereocenters. The zero-order valence-electron chi connectivity index (χ0n) is 9.95. The van der Waals surface area contributed by atoms with E-state index in [1.54, 1.807) is 36.5 Å². The molecule has 5 heteroatoms. The van der Waals surface area contributed by atoms with E-state index in [9.17, 15) is 5.11 Å². The van der Waals surface area contributed by atoms with E-state index in [1.165, 1.54) is 0 Å². The average molecular weight is 275 g/mol. The Kier molecular flexibility index (Phi) is 3.01. The molecule has 2 heterocycles. The van der Waals surface area contributed by atoms with Gasteiger partial charge in [0.25, 0.3) is 0 Å². The first-order valence-electron chi connectivity index (χ1n) is 5.77. The molecular formula is C14H11ClN2O2. The number of imidazole rings is 1. The smallest absolute Gasteiger partial charge is 0.138 e. The third-order valence-corrected chi connectivity index (χ3v) is 3.05. The number of rotatable bonds is 3. The van der Waals surface area contributed by atoms with E-state index in [2.05, 4.69) is 4.98 Å². The molecular weight excluding hydrogens is 264 g/mol. The Balaban J connectivity index is 1.86. The maximum atomic E-state index is 9.37. The number of fused-ring (bicyclic) bond motifs is 1. The molecule has 0 aliphatic carbocycles. The molecule has 3 rings (SSSR count). The van der Waals surface area contributed by atoms with Crippen LogP contribution in [0.2, 0.25) is 5.15 Å². The second-order valence-electron chi connectivity index (χ2n) is 4.08. The van der Waals surface area contributed by atoms with Gasteiger partial charge in [-0.15, -0.1) is 0 Å². The number of aromatic nitrogens is 2. The molecule has 0 bridgehead atoms. The molecule has 0 aliphatic rings. The molecule has 0 saturated heterocycles. The van der Waals surface area contributed by atoms with E-state index in [0.29, 0.717) is 17.5 Å². The second kappa shape index (κ2) is 4.82. The lowest BCUT2D eigenvalue weighted by atomic mass is 10.3. The highest BCUT2D eigenvalue weighted by molar-refractivity contribution is 6.29. The summed E-state index contributed by atoms with van der Waals surface area (Å²) in [6.45, 7) is 0.328. The Morgan fingerprint density at radius 1 is 1.21 bits per heavy atom. The van der Waals surface area contributed by atoms with Gasteiger partial charge in [-0.05, 0) is 24.3 Å². The van der Waals surface area contributed by atoms with Gasteiger partial charge >= 0.3 is 0 Å². The predicted octanol–water partition coefficient (Wildman–Crippen LogP) is 3.27. The fraction of sp³-hybridized carbons (Fsp3) is 0.0714. The van der Waals surface area contributed by atoms with E-state index in [-0.39, 0.29) is 5.75 Å². The van der Waals surface area contributed by atoms with Gasteiger partial charge in [0.2, 0.25) is 0 Å². The lowest BCUT2D eigenvalue weighted by molar-refractivity contribution is 0.298. The van der Waals surface area contributed by atoms with E-state index < -0.39 is 0 Å². The summed E-state index contributed by atoms with van der Waals surface area (Å²) < 4.78 is 7.44. The first kappa shape index (κ1) is 11.9. The number of phenolic OH excluding ortho intramolecular Hbond substituents is 1. The first-order chi connectivity index (χ1) is 9.24. The van der Waals surface area contributed by atoms with Crippen LogP contribution in [0.5, 0.6) is 11.5 Å². The standard InChI is InChI=1S/C14H11ClN2O2/c15-13-5-2-6-14-16-8-10(17(13)14)9-19-12-4-1-3-11(18)7-12/h1-8,18H,9H2. The summed E-state index contributed by atoms with van der Waals surface area (Å²) >= 11 is 6.14. The molecule has 0 radical (unpaired) electrons. The molecule has 0 saturated carbocycles. The van der Waals surface area contributed by atoms with Gasteiger partial charge in [-0.3, -0.25) is 4.40 Å². The van der Waals surface area contributed by atoms with Crippen LogP contribution in [0, 0.1) is 0 Å². The zero-order valence-corrected chi connectivity index (χ0v) is 10.7.